The van der Waals surface area contributed by atoms with Crippen LogP contribution in [0.3, 0.4) is 0 Å². The second-order valence-electron chi connectivity index (χ2n) is 10.6. The van der Waals surface area contributed by atoms with Gasteiger partial charge in [0.2, 0.25) is 18.1 Å². The van der Waals surface area contributed by atoms with Crippen molar-refractivity contribution in [2.24, 2.45) is 0 Å². The zero-order valence-corrected chi connectivity index (χ0v) is 25.8. The molecule has 2 aliphatic rings. The smallest absolute Gasteiger partial charge is 0.305 e. The number of benzene rings is 2. The molecule has 0 saturated carbocycles. The number of nitrogens with one attached hydrogen (secondary N) is 1. The van der Waals surface area contributed by atoms with Crippen molar-refractivity contribution in [1.29, 1.82) is 0 Å². The highest BCUT2D eigenvalue weighted by Crippen LogP contribution is 2.29. The van der Waals surface area contributed by atoms with Gasteiger partial charge in [-0.05, 0) is 23.8 Å². The fourth-order valence-electron chi connectivity index (χ4n) is 5.14. The molecule has 0 radical (unpaired) electrons. The van der Waals surface area contributed by atoms with E-state index in [-0.39, 0.29) is 25.3 Å². The average Bonchev–Trinajstić information content (AvgIpc) is 2.98. The van der Waals surface area contributed by atoms with Crippen LogP contribution in [-0.2, 0) is 59.0 Å². The van der Waals surface area contributed by atoms with Gasteiger partial charge in [-0.1, -0.05) is 42.2 Å². The molecule has 0 spiro atoms. The molecule has 0 bridgehead atoms. The highest BCUT2D eigenvalue weighted by molar-refractivity contribution is 5.97. The molecule has 1 N–H and O–H groups in total. The Balaban J connectivity index is 1.55. The number of carbonyl (C=O) groups is 6. The largest absolute Gasteiger partial charge is 0.463 e. The van der Waals surface area contributed by atoms with Crippen molar-refractivity contribution in [3.05, 3.63) is 65.2 Å². The van der Waals surface area contributed by atoms with E-state index in [4.69, 9.17) is 23.7 Å². The van der Waals surface area contributed by atoms with Crippen LogP contribution in [-0.4, -0.2) is 72.9 Å². The van der Waals surface area contributed by atoms with E-state index in [2.05, 4.69) is 17.2 Å². The molecule has 13 nitrogen and oxygen atoms in total. The SMILES string of the molecule is CC(=O)OC[C@@H]1O[C@H](OC(C)=O)[C@H](NC(=O)CCC(=O)N2Cc3ccccc3C#Cc3ccccc32)[C@H](OC(C)=O)[C@H]1OC(C)=O. The highest BCUT2D eigenvalue weighted by Gasteiger charge is 2.52. The molecule has 1 fully saturated rings. The van der Waals surface area contributed by atoms with Gasteiger partial charge in [0.25, 0.3) is 0 Å². The summed E-state index contributed by atoms with van der Waals surface area (Å²) in [7, 11) is 0. The third-order valence-corrected chi connectivity index (χ3v) is 7.05. The maximum Gasteiger partial charge on any atom is 0.305 e. The Labute approximate surface area is 265 Å². The summed E-state index contributed by atoms with van der Waals surface area (Å²) in [5.41, 5.74) is 2.88. The fraction of sp³-hybridized carbons (Fsp3) is 0.394. The summed E-state index contributed by atoms with van der Waals surface area (Å²) in [6.45, 7) is 4.25. The minimum Gasteiger partial charge on any atom is -0.463 e. The Hall–Kier alpha value is -5.22. The fourth-order valence-corrected chi connectivity index (χ4v) is 5.14. The molecular formula is C33H34N2O11. The maximum absolute atomic E-state index is 13.6. The zero-order chi connectivity index (χ0) is 33.4. The minimum absolute atomic E-state index is 0.220. The number of esters is 4. The third kappa shape index (κ3) is 8.70. The van der Waals surface area contributed by atoms with Crippen LogP contribution in [0.4, 0.5) is 5.69 Å². The first-order valence-electron chi connectivity index (χ1n) is 14.5. The summed E-state index contributed by atoms with van der Waals surface area (Å²) in [5, 5.41) is 2.62. The van der Waals surface area contributed by atoms with Gasteiger partial charge in [-0.25, -0.2) is 0 Å². The summed E-state index contributed by atoms with van der Waals surface area (Å²) in [4.78, 5) is 76.2. The molecule has 0 unspecified atom stereocenters. The molecule has 2 aromatic carbocycles. The Morgan fingerprint density at radius 1 is 0.783 bits per heavy atom. The Morgan fingerprint density at radius 3 is 2.07 bits per heavy atom. The van der Waals surface area contributed by atoms with E-state index in [1.165, 1.54) is 0 Å². The van der Waals surface area contributed by atoms with E-state index in [0.29, 0.717) is 11.3 Å². The average molecular weight is 635 g/mol. The molecule has 242 valence electrons. The molecule has 5 atom stereocenters. The van der Waals surface area contributed by atoms with Gasteiger partial charge in [0.05, 0.1) is 12.2 Å². The van der Waals surface area contributed by atoms with Crippen LogP contribution in [0, 0.1) is 11.8 Å². The van der Waals surface area contributed by atoms with Gasteiger partial charge in [0.15, 0.2) is 12.2 Å². The van der Waals surface area contributed by atoms with E-state index >= 15 is 0 Å². The molecule has 0 aromatic heterocycles. The van der Waals surface area contributed by atoms with Crippen molar-refractivity contribution >= 4 is 41.4 Å². The van der Waals surface area contributed by atoms with Gasteiger partial charge in [-0.15, -0.1) is 0 Å². The van der Waals surface area contributed by atoms with Crippen LogP contribution < -0.4 is 10.2 Å². The maximum atomic E-state index is 13.6. The molecule has 2 heterocycles. The number of amides is 2. The van der Waals surface area contributed by atoms with Crippen molar-refractivity contribution in [2.75, 3.05) is 11.5 Å². The van der Waals surface area contributed by atoms with Gasteiger partial charge in [-0.3, -0.25) is 28.8 Å². The van der Waals surface area contributed by atoms with Gasteiger partial charge >= 0.3 is 23.9 Å². The molecule has 1 saturated heterocycles. The first-order valence-corrected chi connectivity index (χ1v) is 14.5. The second-order valence-corrected chi connectivity index (χ2v) is 10.6. The van der Waals surface area contributed by atoms with Crippen LogP contribution in [0.15, 0.2) is 48.5 Å². The Morgan fingerprint density at radius 2 is 1.39 bits per heavy atom. The number of nitrogens with zero attached hydrogens (tertiary/aromatic N) is 1. The van der Waals surface area contributed by atoms with Crippen LogP contribution in [0.2, 0.25) is 0 Å². The summed E-state index contributed by atoms with van der Waals surface area (Å²) in [6, 6.07) is 13.3. The quantitative estimate of drug-likeness (QED) is 0.243. The second kappa shape index (κ2) is 15.2. The Kier molecular flexibility index (Phi) is 11.1. The standard InChI is InChI=1S/C33H34N2O11/c1-19(36)42-18-27-31(43-20(2)37)32(44-21(3)38)30(33(46-27)45-22(4)39)34-28(40)15-16-29(41)35-17-25-11-6-5-9-23(25)13-14-24-10-7-8-12-26(24)35/h5-12,27,30-33H,15-18H2,1-4H3,(H,34,40)/t27-,30+,31-,32-,33-/m0/s1. The van der Waals surface area contributed by atoms with Crippen LogP contribution in [0.25, 0.3) is 0 Å². The molecule has 2 aromatic rings. The zero-order valence-electron chi connectivity index (χ0n) is 25.8. The third-order valence-electron chi connectivity index (χ3n) is 7.05. The lowest BCUT2D eigenvalue weighted by Crippen LogP contribution is -2.67. The molecule has 13 heteroatoms. The monoisotopic (exact) mass is 634 g/mol. The number of hydrogen-bond acceptors (Lipinski definition) is 11. The van der Waals surface area contributed by atoms with E-state index in [9.17, 15) is 28.8 Å². The number of anilines is 1. The summed E-state index contributed by atoms with van der Waals surface area (Å²) < 4.78 is 27.0. The van der Waals surface area contributed by atoms with E-state index in [1.54, 1.807) is 17.0 Å². The number of carbonyl (C=O) groups excluding carboxylic acids is 6. The molecule has 2 amide bonds. The lowest BCUT2D eigenvalue weighted by molar-refractivity contribution is -0.271. The molecule has 4 rings (SSSR count). The normalized spacial score (nSPS) is 21.4. The Bertz CT molecular complexity index is 1580. The van der Waals surface area contributed by atoms with Crippen LogP contribution >= 0.6 is 0 Å². The number of fused-ring (bicyclic) bond motifs is 2. The van der Waals surface area contributed by atoms with E-state index in [1.807, 2.05) is 36.4 Å². The van der Waals surface area contributed by atoms with Crippen LogP contribution in [0.5, 0.6) is 0 Å². The van der Waals surface area contributed by atoms with Crippen LogP contribution in [0.1, 0.15) is 57.2 Å². The van der Waals surface area contributed by atoms with Gasteiger partial charge < -0.3 is 33.9 Å². The number of rotatable bonds is 9. The van der Waals surface area contributed by atoms with Crippen molar-refractivity contribution < 1.29 is 52.5 Å². The lowest BCUT2D eigenvalue weighted by Gasteiger charge is -2.44. The van der Waals surface area contributed by atoms with Crippen molar-refractivity contribution in [1.82, 2.24) is 5.32 Å². The minimum atomic E-state index is -1.54. The first-order chi connectivity index (χ1) is 21.9. The highest BCUT2D eigenvalue weighted by atomic mass is 16.7. The predicted octanol–water partition coefficient (Wildman–Crippen LogP) is 1.91. The van der Waals surface area contributed by atoms with E-state index in [0.717, 1.165) is 38.8 Å². The first kappa shape index (κ1) is 33.7. The van der Waals surface area contributed by atoms with Gasteiger partial charge in [0, 0.05) is 51.7 Å². The number of hydrogen-bond donors (Lipinski definition) is 1. The molecule has 0 aliphatic carbocycles. The topological polar surface area (TPSA) is 164 Å². The van der Waals surface area contributed by atoms with Crippen molar-refractivity contribution in [3.63, 3.8) is 0 Å². The summed E-state index contributed by atoms with van der Waals surface area (Å²) in [5.74, 6) is 2.21. The summed E-state index contributed by atoms with van der Waals surface area (Å²) in [6.07, 6.45) is -6.08. The number of ether oxygens (including phenoxy) is 5. The van der Waals surface area contributed by atoms with Crippen molar-refractivity contribution in [3.8, 4) is 11.8 Å². The number of para-hydroxylation sites is 1. The molecule has 46 heavy (non-hydrogen) atoms. The molecular weight excluding hydrogens is 600 g/mol. The predicted molar refractivity (Wildman–Crippen MR) is 159 cm³/mol. The van der Waals surface area contributed by atoms with Gasteiger partial charge in [0.1, 0.15) is 18.8 Å². The van der Waals surface area contributed by atoms with Crippen molar-refractivity contribution in [2.45, 2.75) is 77.7 Å². The van der Waals surface area contributed by atoms with Gasteiger partial charge in [-0.2, -0.15) is 0 Å². The summed E-state index contributed by atoms with van der Waals surface area (Å²) >= 11 is 0. The lowest BCUT2D eigenvalue weighted by atomic mass is 9.95. The molecule has 2 aliphatic heterocycles. The van der Waals surface area contributed by atoms with E-state index < -0.39 is 67.0 Å².